The third-order valence-electron chi connectivity index (χ3n) is 7.98. The maximum atomic E-state index is 14.1. The summed E-state index contributed by atoms with van der Waals surface area (Å²) < 4.78 is 45.2. The highest BCUT2D eigenvalue weighted by molar-refractivity contribution is 6.03. The standard InChI is InChI=1S/C29H28F3N5O5/c1-3-19-13-28(26(40)34-20-6-4-5-18(14-33)23(20)42-28)15-37(19)25(39)22(12-17-9-10-17)36(2)24(38)21(11-16-7-8-16)35-27(41)29(30,31)32/h1,4-6,11,16-17,19,22H,7-10,12-13,15H2,2H3,(H,34,40)(H,35,41)/t19-,22+,28-/m1/s1. The summed E-state index contributed by atoms with van der Waals surface area (Å²) in [5, 5.41) is 13.9. The first-order valence-corrected chi connectivity index (χ1v) is 13.5. The van der Waals surface area contributed by atoms with Gasteiger partial charge in [-0.1, -0.05) is 30.9 Å². The number of rotatable bonds is 7. The van der Waals surface area contributed by atoms with Crippen LogP contribution in [0.15, 0.2) is 30.0 Å². The number of carbonyl (C=O) groups is 4. The molecule has 1 aromatic carbocycles. The SMILES string of the molecule is C#C[C@@H]1C[C@]2(CN1C(=O)[C@H](CC1CC1)N(C)C(=O)C(=CC1CC1)NC(=O)C(F)(F)F)Oc1c(C#N)cccc1NC2=O. The molecule has 220 valence electrons. The molecule has 3 fully saturated rings. The molecule has 13 heteroatoms. The second kappa shape index (κ2) is 10.7. The van der Waals surface area contributed by atoms with Gasteiger partial charge >= 0.3 is 12.1 Å². The third kappa shape index (κ3) is 5.64. The van der Waals surface area contributed by atoms with Crippen molar-refractivity contribution in [3.8, 4) is 24.2 Å². The fourth-order valence-corrected chi connectivity index (χ4v) is 5.28. The number of fused-ring (bicyclic) bond motifs is 1. The number of likely N-dealkylation sites (N-methyl/N-ethyl adjacent to an activating group) is 1. The summed E-state index contributed by atoms with van der Waals surface area (Å²) in [6.45, 7) is -0.273. The van der Waals surface area contributed by atoms with Crippen molar-refractivity contribution in [1.29, 1.82) is 5.26 Å². The van der Waals surface area contributed by atoms with Gasteiger partial charge < -0.3 is 25.2 Å². The van der Waals surface area contributed by atoms with Crippen LogP contribution in [0.2, 0.25) is 0 Å². The Morgan fingerprint density at radius 3 is 2.62 bits per heavy atom. The molecule has 0 radical (unpaired) electrons. The number of terminal acetylenes is 1. The number of nitrogens with zero attached hydrogens (tertiary/aromatic N) is 3. The van der Waals surface area contributed by atoms with Crippen LogP contribution >= 0.6 is 0 Å². The van der Waals surface area contributed by atoms with Crippen LogP contribution in [-0.4, -0.2) is 70.9 Å². The number of ether oxygens (including phenoxy) is 1. The molecule has 0 aromatic heterocycles. The predicted molar refractivity (Wildman–Crippen MR) is 141 cm³/mol. The number of nitriles is 1. The van der Waals surface area contributed by atoms with E-state index < -0.39 is 53.2 Å². The molecular weight excluding hydrogens is 555 g/mol. The first kappa shape index (κ1) is 29.0. The number of alkyl halides is 3. The summed E-state index contributed by atoms with van der Waals surface area (Å²) in [6.07, 6.45) is 4.93. The molecule has 1 spiro atoms. The molecule has 2 saturated carbocycles. The summed E-state index contributed by atoms with van der Waals surface area (Å²) >= 11 is 0. The second-order valence-corrected chi connectivity index (χ2v) is 11.2. The van der Waals surface area contributed by atoms with Crippen LogP contribution in [0.5, 0.6) is 5.75 Å². The fraction of sp³-hybridized carbons (Fsp3) is 0.483. The van der Waals surface area contributed by atoms with Gasteiger partial charge in [0.1, 0.15) is 17.8 Å². The lowest BCUT2D eigenvalue weighted by atomic mass is 9.96. The summed E-state index contributed by atoms with van der Waals surface area (Å²) in [5.41, 5.74) is -1.66. The number of likely N-dealkylation sites (tertiary alicyclic amines) is 1. The average Bonchev–Trinajstić information content (AvgIpc) is 3.89. The van der Waals surface area contributed by atoms with E-state index in [2.05, 4.69) is 11.2 Å². The van der Waals surface area contributed by atoms with Crippen LogP contribution in [0.25, 0.3) is 0 Å². The minimum absolute atomic E-state index is 0.0808. The zero-order chi connectivity index (χ0) is 30.4. The molecule has 4 aliphatic rings. The normalized spacial score (nSPS) is 24.0. The molecule has 1 aromatic rings. The fourth-order valence-electron chi connectivity index (χ4n) is 5.28. The van der Waals surface area contributed by atoms with E-state index >= 15 is 0 Å². The van der Waals surface area contributed by atoms with E-state index in [-0.39, 0.29) is 42.5 Å². The van der Waals surface area contributed by atoms with E-state index in [0.29, 0.717) is 18.5 Å². The Kier molecular flexibility index (Phi) is 7.39. The van der Waals surface area contributed by atoms with Crippen molar-refractivity contribution < 1.29 is 37.1 Å². The Morgan fingerprint density at radius 1 is 1.31 bits per heavy atom. The number of carbonyl (C=O) groups excluding carboxylic acids is 4. The number of hydrogen-bond donors (Lipinski definition) is 2. The summed E-state index contributed by atoms with van der Waals surface area (Å²) in [6, 6.07) is 4.67. The number of anilines is 1. The van der Waals surface area contributed by atoms with Gasteiger partial charge in [0.25, 0.3) is 11.8 Å². The number of hydrogen-bond acceptors (Lipinski definition) is 6. The summed E-state index contributed by atoms with van der Waals surface area (Å²) in [4.78, 5) is 54.8. The number of para-hydroxylation sites is 1. The average molecular weight is 584 g/mol. The Balaban J connectivity index is 1.41. The zero-order valence-corrected chi connectivity index (χ0v) is 22.7. The number of allylic oxidation sites excluding steroid dienone is 1. The number of amides is 4. The van der Waals surface area contributed by atoms with E-state index in [0.717, 1.165) is 17.7 Å². The van der Waals surface area contributed by atoms with Gasteiger partial charge in [-0.05, 0) is 43.2 Å². The van der Waals surface area contributed by atoms with Crippen LogP contribution in [0.3, 0.4) is 0 Å². The molecule has 2 aliphatic heterocycles. The lowest BCUT2D eigenvalue weighted by Gasteiger charge is -2.35. The van der Waals surface area contributed by atoms with Gasteiger partial charge in [-0.15, -0.1) is 6.42 Å². The molecule has 4 amide bonds. The van der Waals surface area contributed by atoms with Crippen molar-refractivity contribution >= 4 is 29.3 Å². The first-order valence-electron chi connectivity index (χ1n) is 13.5. The molecule has 42 heavy (non-hydrogen) atoms. The third-order valence-corrected chi connectivity index (χ3v) is 7.98. The smallest absolute Gasteiger partial charge is 0.471 e. The van der Waals surface area contributed by atoms with E-state index in [1.807, 2.05) is 6.07 Å². The molecule has 3 atom stereocenters. The lowest BCUT2D eigenvalue weighted by molar-refractivity contribution is -0.173. The monoisotopic (exact) mass is 583 g/mol. The van der Waals surface area contributed by atoms with Crippen molar-refractivity contribution in [2.24, 2.45) is 11.8 Å². The quantitative estimate of drug-likeness (QED) is 0.375. The predicted octanol–water partition coefficient (Wildman–Crippen LogP) is 2.46. The van der Waals surface area contributed by atoms with Gasteiger partial charge in [-0.3, -0.25) is 19.2 Å². The summed E-state index contributed by atoms with van der Waals surface area (Å²) in [7, 11) is 1.30. The molecule has 0 unspecified atom stereocenters. The van der Waals surface area contributed by atoms with Gasteiger partial charge in [-0.2, -0.15) is 18.4 Å². The van der Waals surface area contributed by atoms with E-state index in [1.165, 1.54) is 24.1 Å². The lowest BCUT2D eigenvalue weighted by Crippen LogP contribution is -2.56. The maximum Gasteiger partial charge on any atom is 0.471 e. The highest BCUT2D eigenvalue weighted by atomic mass is 19.4. The molecule has 0 bridgehead atoms. The van der Waals surface area contributed by atoms with E-state index in [1.54, 1.807) is 17.4 Å². The Labute approximate surface area is 239 Å². The minimum atomic E-state index is -5.21. The van der Waals surface area contributed by atoms with Crippen LogP contribution in [0, 0.1) is 35.5 Å². The molecular formula is C29H28F3N5O5. The van der Waals surface area contributed by atoms with Gasteiger partial charge in [0, 0.05) is 13.5 Å². The minimum Gasteiger partial charge on any atom is -0.472 e. The zero-order valence-electron chi connectivity index (χ0n) is 22.7. The molecule has 2 heterocycles. The maximum absolute atomic E-state index is 14.1. The topological polar surface area (TPSA) is 132 Å². The largest absolute Gasteiger partial charge is 0.472 e. The Bertz CT molecular complexity index is 1450. The molecule has 10 nitrogen and oxygen atoms in total. The molecule has 2 aliphatic carbocycles. The Hall–Kier alpha value is -4.52. The van der Waals surface area contributed by atoms with Gasteiger partial charge in [0.05, 0.1) is 23.8 Å². The second-order valence-electron chi connectivity index (χ2n) is 11.2. The highest BCUT2D eigenvalue weighted by Gasteiger charge is 2.56. The number of halogens is 3. The van der Waals surface area contributed by atoms with Crippen LogP contribution < -0.4 is 15.4 Å². The number of nitrogens with one attached hydrogen (secondary N) is 2. The van der Waals surface area contributed by atoms with E-state index in [9.17, 15) is 37.6 Å². The summed E-state index contributed by atoms with van der Waals surface area (Å²) in [5.74, 6) is -1.75. The van der Waals surface area contributed by atoms with E-state index in [4.69, 9.17) is 11.2 Å². The Morgan fingerprint density at radius 2 is 2.02 bits per heavy atom. The van der Waals surface area contributed by atoms with Gasteiger partial charge in [0.2, 0.25) is 11.5 Å². The van der Waals surface area contributed by atoms with Crippen molar-refractivity contribution in [2.45, 2.75) is 62.4 Å². The van der Waals surface area contributed by atoms with Crippen molar-refractivity contribution in [1.82, 2.24) is 15.1 Å². The van der Waals surface area contributed by atoms with Crippen molar-refractivity contribution in [3.63, 3.8) is 0 Å². The van der Waals surface area contributed by atoms with Gasteiger partial charge in [-0.25, -0.2) is 0 Å². The van der Waals surface area contributed by atoms with Crippen LogP contribution in [-0.2, 0) is 19.2 Å². The van der Waals surface area contributed by atoms with Crippen LogP contribution in [0.1, 0.15) is 44.1 Å². The molecule has 5 rings (SSSR count). The highest BCUT2D eigenvalue weighted by Crippen LogP contribution is 2.43. The van der Waals surface area contributed by atoms with Crippen LogP contribution in [0.4, 0.5) is 18.9 Å². The first-order chi connectivity index (χ1) is 19.9. The van der Waals surface area contributed by atoms with Crippen molar-refractivity contribution in [3.05, 3.63) is 35.5 Å². The molecule has 1 saturated heterocycles. The van der Waals surface area contributed by atoms with Gasteiger partial charge in [0.15, 0.2) is 5.75 Å². The molecule has 2 N–H and O–H groups in total. The van der Waals surface area contributed by atoms with Crippen molar-refractivity contribution in [2.75, 3.05) is 18.9 Å². The number of benzene rings is 1.